The molecule has 0 aromatic heterocycles. The number of likely N-dealkylation sites (tertiary alicyclic amines) is 2. The molecule has 1 N–H and O–H groups in total. The fourth-order valence-corrected chi connectivity index (χ4v) is 3.71. The van der Waals surface area contributed by atoms with Gasteiger partial charge in [0.2, 0.25) is 11.8 Å². The maximum absolute atomic E-state index is 12.5. The molecule has 0 aliphatic carbocycles. The lowest BCUT2D eigenvalue weighted by Gasteiger charge is -2.36. The molecule has 8 nitrogen and oxygen atoms in total. The zero-order valence-electron chi connectivity index (χ0n) is 15.9. The fraction of sp³-hybridized carbons (Fsp3) is 0.500. The van der Waals surface area contributed by atoms with Crippen molar-refractivity contribution in [3.63, 3.8) is 0 Å². The van der Waals surface area contributed by atoms with Crippen molar-refractivity contribution in [1.29, 1.82) is 5.26 Å². The lowest BCUT2D eigenvalue weighted by molar-refractivity contribution is -0.130. The third-order valence-electron chi connectivity index (χ3n) is 5.24. The number of ether oxygens (including phenoxy) is 1. The average Bonchev–Trinajstić information content (AvgIpc) is 3.11. The Labute approximate surface area is 164 Å². The molecule has 1 aromatic rings. The topological polar surface area (TPSA) is 103 Å². The molecule has 2 heterocycles. The number of hydrogen-bond donors (Lipinski definition) is 1. The van der Waals surface area contributed by atoms with Crippen molar-refractivity contribution in [1.82, 2.24) is 9.80 Å². The molecule has 0 spiro atoms. The molecule has 28 heavy (non-hydrogen) atoms. The SMILES string of the molecule is CCOC(=O)N1CCC(N2CC(C(=O)Nc3ccc(C#N)cc3)CC2=O)CC1. The first kappa shape index (κ1) is 19.7. The summed E-state index contributed by atoms with van der Waals surface area (Å²) in [7, 11) is 0. The lowest BCUT2D eigenvalue weighted by atomic mass is 10.0. The second kappa shape index (κ2) is 8.74. The summed E-state index contributed by atoms with van der Waals surface area (Å²) in [5.41, 5.74) is 1.13. The van der Waals surface area contributed by atoms with Gasteiger partial charge in [-0.15, -0.1) is 0 Å². The van der Waals surface area contributed by atoms with Gasteiger partial charge < -0.3 is 19.9 Å². The highest BCUT2D eigenvalue weighted by atomic mass is 16.6. The number of anilines is 1. The van der Waals surface area contributed by atoms with Gasteiger partial charge in [-0.1, -0.05) is 0 Å². The van der Waals surface area contributed by atoms with Crippen molar-refractivity contribution < 1.29 is 19.1 Å². The minimum atomic E-state index is -0.397. The predicted molar refractivity (Wildman–Crippen MR) is 101 cm³/mol. The number of carbonyl (C=O) groups excluding carboxylic acids is 3. The largest absolute Gasteiger partial charge is 0.450 e. The molecule has 1 atom stereocenters. The third-order valence-corrected chi connectivity index (χ3v) is 5.24. The molecule has 2 aliphatic rings. The summed E-state index contributed by atoms with van der Waals surface area (Å²) in [4.78, 5) is 40.2. The summed E-state index contributed by atoms with van der Waals surface area (Å²) in [6.45, 7) is 3.62. The number of hydrogen-bond acceptors (Lipinski definition) is 5. The number of nitrogens with one attached hydrogen (secondary N) is 1. The maximum Gasteiger partial charge on any atom is 0.409 e. The first-order chi connectivity index (χ1) is 13.5. The van der Waals surface area contributed by atoms with Crippen LogP contribution in [0.4, 0.5) is 10.5 Å². The Balaban J connectivity index is 1.52. The Morgan fingerprint density at radius 1 is 1.25 bits per heavy atom. The number of benzene rings is 1. The fourth-order valence-electron chi connectivity index (χ4n) is 3.71. The Kier molecular flexibility index (Phi) is 6.14. The molecule has 0 bridgehead atoms. The average molecular weight is 384 g/mol. The van der Waals surface area contributed by atoms with Gasteiger partial charge in [-0.25, -0.2) is 4.79 Å². The van der Waals surface area contributed by atoms with E-state index in [0.717, 1.165) is 0 Å². The zero-order chi connectivity index (χ0) is 20.1. The maximum atomic E-state index is 12.5. The van der Waals surface area contributed by atoms with Crippen LogP contribution < -0.4 is 5.32 Å². The lowest BCUT2D eigenvalue weighted by Crippen LogP contribution is -2.47. The van der Waals surface area contributed by atoms with Crippen molar-refractivity contribution in [2.24, 2.45) is 5.92 Å². The number of nitrogens with zero attached hydrogens (tertiary/aromatic N) is 3. The van der Waals surface area contributed by atoms with Gasteiger partial charge in [-0.05, 0) is 44.0 Å². The number of nitriles is 1. The zero-order valence-corrected chi connectivity index (χ0v) is 15.9. The second-order valence-corrected chi connectivity index (χ2v) is 7.04. The van der Waals surface area contributed by atoms with Crippen molar-refractivity contribution in [2.45, 2.75) is 32.2 Å². The summed E-state index contributed by atoms with van der Waals surface area (Å²) in [6.07, 6.45) is 1.26. The monoisotopic (exact) mass is 384 g/mol. The predicted octanol–water partition coefficient (Wildman–Crippen LogP) is 1.97. The van der Waals surface area contributed by atoms with Crippen LogP contribution in [-0.2, 0) is 14.3 Å². The highest BCUT2D eigenvalue weighted by Gasteiger charge is 2.39. The van der Waals surface area contributed by atoms with Crippen LogP contribution in [-0.4, -0.2) is 60.0 Å². The van der Waals surface area contributed by atoms with E-state index >= 15 is 0 Å². The normalized spacial score (nSPS) is 20.0. The van der Waals surface area contributed by atoms with E-state index in [1.165, 1.54) is 0 Å². The van der Waals surface area contributed by atoms with Crippen LogP contribution in [0.5, 0.6) is 0 Å². The van der Waals surface area contributed by atoms with Crippen LogP contribution in [0.1, 0.15) is 31.7 Å². The molecule has 148 valence electrons. The van der Waals surface area contributed by atoms with Gasteiger partial charge in [0.25, 0.3) is 0 Å². The van der Waals surface area contributed by atoms with Crippen molar-refractivity contribution in [2.75, 3.05) is 31.6 Å². The molecular weight excluding hydrogens is 360 g/mol. The summed E-state index contributed by atoms with van der Waals surface area (Å²) in [5.74, 6) is -0.606. The van der Waals surface area contributed by atoms with Crippen LogP contribution in [0.25, 0.3) is 0 Å². The minimum absolute atomic E-state index is 0.0189. The van der Waals surface area contributed by atoms with Crippen LogP contribution in [0.2, 0.25) is 0 Å². The number of rotatable bonds is 4. The second-order valence-electron chi connectivity index (χ2n) is 7.04. The van der Waals surface area contributed by atoms with Crippen LogP contribution in [0.3, 0.4) is 0 Å². The Morgan fingerprint density at radius 2 is 1.93 bits per heavy atom. The van der Waals surface area contributed by atoms with E-state index in [-0.39, 0.29) is 30.4 Å². The van der Waals surface area contributed by atoms with Gasteiger partial charge >= 0.3 is 6.09 Å². The molecule has 1 unspecified atom stereocenters. The summed E-state index contributed by atoms with van der Waals surface area (Å²) in [6, 6.07) is 8.71. The van der Waals surface area contributed by atoms with Crippen LogP contribution in [0, 0.1) is 17.2 Å². The van der Waals surface area contributed by atoms with Crippen LogP contribution >= 0.6 is 0 Å². The standard InChI is InChI=1S/C20H24N4O4/c1-2-28-20(27)23-9-7-17(8-10-23)24-13-15(11-18(24)25)19(26)22-16-5-3-14(12-21)4-6-16/h3-6,15,17H,2,7-11,13H2,1H3,(H,22,26). The van der Waals surface area contributed by atoms with Crippen molar-refractivity contribution in [3.8, 4) is 6.07 Å². The smallest absolute Gasteiger partial charge is 0.409 e. The van der Waals surface area contributed by atoms with E-state index in [2.05, 4.69) is 5.32 Å². The Hall–Kier alpha value is -3.08. The Bertz CT molecular complexity index is 778. The van der Waals surface area contributed by atoms with E-state index < -0.39 is 5.92 Å². The van der Waals surface area contributed by atoms with Crippen molar-refractivity contribution >= 4 is 23.6 Å². The molecule has 3 rings (SSSR count). The molecule has 2 saturated heterocycles. The number of carbonyl (C=O) groups is 3. The van der Waals surface area contributed by atoms with E-state index in [4.69, 9.17) is 10.00 Å². The minimum Gasteiger partial charge on any atom is -0.450 e. The summed E-state index contributed by atoms with van der Waals surface area (Å²) >= 11 is 0. The number of piperidine rings is 1. The molecule has 3 amide bonds. The van der Waals surface area contributed by atoms with Crippen LogP contribution in [0.15, 0.2) is 24.3 Å². The molecule has 8 heteroatoms. The van der Waals surface area contributed by atoms with Gasteiger partial charge in [0.1, 0.15) is 0 Å². The Morgan fingerprint density at radius 3 is 2.54 bits per heavy atom. The molecule has 0 radical (unpaired) electrons. The van der Waals surface area contributed by atoms with Gasteiger partial charge in [0.15, 0.2) is 0 Å². The third kappa shape index (κ3) is 4.42. The molecule has 0 saturated carbocycles. The van der Waals surface area contributed by atoms with Gasteiger partial charge in [-0.3, -0.25) is 9.59 Å². The molecule has 2 aliphatic heterocycles. The van der Waals surface area contributed by atoms with E-state index in [1.807, 2.05) is 6.07 Å². The van der Waals surface area contributed by atoms with Gasteiger partial charge in [0.05, 0.1) is 24.2 Å². The molecule has 1 aromatic carbocycles. The van der Waals surface area contributed by atoms with E-state index in [1.54, 1.807) is 41.0 Å². The van der Waals surface area contributed by atoms with Gasteiger partial charge in [0, 0.05) is 37.8 Å². The molecular formula is C20H24N4O4. The number of amides is 3. The first-order valence-corrected chi connectivity index (χ1v) is 9.54. The summed E-state index contributed by atoms with van der Waals surface area (Å²) < 4.78 is 5.02. The van der Waals surface area contributed by atoms with Crippen molar-refractivity contribution in [3.05, 3.63) is 29.8 Å². The van der Waals surface area contributed by atoms with Gasteiger partial charge in [-0.2, -0.15) is 5.26 Å². The summed E-state index contributed by atoms with van der Waals surface area (Å²) in [5, 5.41) is 11.6. The quantitative estimate of drug-likeness (QED) is 0.855. The highest BCUT2D eigenvalue weighted by Crippen LogP contribution is 2.26. The van der Waals surface area contributed by atoms with E-state index in [0.29, 0.717) is 50.3 Å². The highest BCUT2D eigenvalue weighted by molar-refractivity contribution is 5.97. The first-order valence-electron chi connectivity index (χ1n) is 9.54. The van der Waals surface area contributed by atoms with E-state index in [9.17, 15) is 14.4 Å². The molecule has 2 fully saturated rings.